The zero-order valence-electron chi connectivity index (χ0n) is 6.16. The average Bonchev–Trinajstić information content (AvgIpc) is 1.60. The fourth-order valence-electron chi connectivity index (χ4n) is 0.428. The summed E-state index contributed by atoms with van der Waals surface area (Å²) in [4.78, 5) is 10.0. The first-order valence-corrected chi connectivity index (χ1v) is 3.03. The first-order valence-electron chi connectivity index (χ1n) is 3.03. The van der Waals surface area contributed by atoms with Crippen molar-refractivity contribution in [1.82, 2.24) is 0 Å². The summed E-state index contributed by atoms with van der Waals surface area (Å²) in [6.07, 6.45) is -1.28. The maximum Gasteiger partial charge on any atom is 0.306 e. The molecule has 0 fully saturated rings. The largest absolute Gasteiger partial charge is 0.481 e. The Balaban J connectivity index is 3.85. The molecule has 4 N–H and O–H groups in total. The van der Waals surface area contributed by atoms with E-state index in [0.717, 1.165) is 0 Å². The van der Waals surface area contributed by atoms with E-state index < -0.39 is 17.6 Å². The molecule has 0 aromatic rings. The maximum atomic E-state index is 10.0. The van der Waals surface area contributed by atoms with Crippen molar-refractivity contribution in [1.29, 1.82) is 0 Å². The van der Waals surface area contributed by atoms with Gasteiger partial charge >= 0.3 is 5.97 Å². The van der Waals surface area contributed by atoms with E-state index in [1.165, 1.54) is 0 Å². The fraction of sp³-hybridized carbons (Fsp3) is 0.833. The van der Waals surface area contributed by atoms with E-state index in [0.29, 0.717) is 0 Å². The van der Waals surface area contributed by atoms with Crippen molar-refractivity contribution in [3.8, 4) is 0 Å². The summed E-state index contributed by atoms with van der Waals surface area (Å²) in [5, 5.41) is 17.3. The summed E-state index contributed by atoms with van der Waals surface area (Å²) in [5.74, 6) is -1.04. The van der Waals surface area contributed by atoms with Crippen LogP contribution in [0.25, 0.3) is 0 Å². The lowest BCUT2D eigenvalue weighted by Crippen LogP contribution is -2.45. The lowest BCUT2D eigenvalue weighted by atomic mass is 9.96. The third kappa shape index (κ3) is 3.42. The Morgan fingerprint density at radius 2 is 2.10 bits per heavy atom. The highest BCUT2D eigenvalue weighted by molar-refractivity contribution is 5.67. The smallest absolute Gasteiger partial charge is 0.306 e. The van der Waals surface area contributed by atoms with Crippen LogP contribution in [0.4, 0.5) is 0 Å². The predicted molar refractivity (Wildman–Crippen MR) is 36.5 cm³/mol. The van der Waals surface area contributed by atoms with Crippen molar-refractivity contribution in [2.24, 2.45) is 5.73 Å². The van der Waals surface area contributed by atoms with Gasteiger partial charge in [0.15, 0.2) is 0 Å². The summed E-state index contributed by atoms with van der Waals surface area (Å²) in [6, 6.07) is 0. The molecule has 0 spiro atoms. The van der Waals surface area contributed by atoms with Crippen molar-refractivity contribution >= 4 is 5.97 Å². The van der Waals surface area contributed by atoms with Gasteiger partial charge in [-0.3, -0.25) is 4.79 Å². The first kappa shape index (κ1) is 9.39. The second-order valence-corrected chi connectivity index (χ2v) is 2.94. The molecule has 0 aromatic carbocycles. The van der Waals surface area contributed by atoms with Gasteiger partial charge in [0.25, 0.3) is 0 Å². The topological polar surface area (TPSA) is 83.5 Å². The van der Waals surface area contributed by atoms with Gasteiger partial charge in [-0.15, -0.1) is 0 Å². The molecule has 0 aliphatic carbocycles. The molecule has 0 aliphatic heterocycles. The molecule has 1 atom stereocenters. The zero-order valence-corrected chi connectivity index (χ0v) is 6.16. The number of aliphatic hydroxyl groups excluding tert-OH is 1. The Morgan fingerprint density at radius 3 is 2.20 bits per heavy atom. The van der Waals surface area contributed by atoms with Crippen LogP contribution in [0.2, 0.25) is 0 Å². The number of aliphatic hydroxyl groups is 1. The lowest BCUT2D eigenvalue weighted by Gasteiger charge is -2.23. The standard InChI is InChI=1S/C6H13NO3/c1-6(2,7)4(8)3-5(9)10/h4,8H,3,7H2,1-2H3,(H,9,10). The molecule has 0 saturated heterocycles. The number of carboxylic acids is 1. The predicted octanol–water partition coefficient (Wildman–Crippen LogP) is -0.441. The first-order chi connectivity index (χ1) is 4.34. The summed E-state index contributed by atoms with van der Waals surface area (Å²) >= 11 is 0. The number of nitrogens with two attached hydrogens (primary N) is 1. The summed E-state index contributed by atoms with van der Waals surface area (Å²) in [7, 11) is 0. The van der Waals surface area contributed by atoms with Gasteiger partial charge in [-0.2, -0.15) is 0 Å². The van der Waals surface area contributed by atoms with E-state index in [1.807, 2.05) is 0 Å². The van der Waals surface area contributed by atoms with Crippen molar-refractivity contribution < 1.29 is 15.0 Å². The normalized spacial score (nSPS) is 14.8. The Hall–Kier alpha value is -0.610. The molecule has 4 heteroatoms. The van der Waals surface area contributed by atoms with Crippen LogP contribution in [-0.4, -0.2) is 27.8 Å². The molecular weight excluding hydrogens is 134 g/mol. The van der Waals surface area contributed by atoms with E-state index in [4.69, 9.17) is 15.9 Å². The van der Waals surface area contributed by atoms with Gasteiger partial charge in [-0.1, -0.05) is 0 Å². The summed E-state index contributed by atoms with van der Waals surface area (Å²) in [6.45, 7) is 3.17. The van der Waals surface area contributed by atoms with E-state index in [1.54, 1.807) is 13.8 Å². The van der Waals surface area contributed by atoms with Crippen LogP contribution in [0.1, 0.15) is 20.3 Å². The van der Waals surface area contributed by atoms with Gasteiger partial charge in [0.1, 0.15) is 0 Å². The van der Waals surface area contributed by atoms with Gasteiger partial charge in [-0.05, 0) is 13.8 Å². The van der Waals surface area contributed by atoms with Crippen LogP contribution in [0.5, 0.6) is 0 Å². The lowest BCUT2D eigenvalue weighted by molar-refractivity contribution is -0.140. The number of carbonyl (C=O) groups is 1. The minimum atomic E-state index is -1.04. The van der Waals surface area contributed by atoms with Gasteiger partial charge < -0.3 is 15.9 Å². The molecule has 0 aromatic heterocycles. The molecule has 4 nitrogen and oxygen atoms in total. The van der Waals surface area contributed by atoms with E-state index in [9.17, 15) is 4.79 Å². The fourth-order valence-corrected chi connectivity index (χ4v) is 0.428. The van der Waals surface area contributed by atoms with Gasteiger partial charge in [0.2, 0.25) is 0 Å². The van der Waals surface area contributed by atoms with Crippen LogP contribution in [0.3, 0.4) is 0 Å². The van der Waals surface area contributed by atoms with Gasteiger partial charge in [0, 0.05) is 5.54 Å². The summed E-state index contributed by atoms with van der Waals surface area (Å²) in [5.41, 5.74) is 4.58. The minimum Gasteiger partial charge on any atom is -0.481 e. The average molecular weight is 147 g/mol. The molecule has 60 valence electrons. The van der Waals surface area contributed by atoms with Crippen molar-refractivity contribution in [3.63, 3.8) is 0 Å². The van der Waals surface area contributed by atoms with Crippen LogP contribution in [0.15, 0.2) is 0 Å². The number of hydrogen-bond acceptors (Lipinski definition) is 3. The number of aliphatic carboxylic acids is 1. The van der Waals surface area contributed by atoms with E-state index in [-0.39, 0.29) is 6.42 Å². The Labute approximate surface area is 59.7 Å². The zero-order chi connectivity index (χ0) is 8.36. The highest BCUT2D eigenvalue weighted by Crippen LogP contribution is 2.07. The minimum absolute atomic E-state index is 0.302. The van der Waals surface area contributed by atoms with Crippen molar-refractivity contribution in [2.45, 2.75) is 31.9 Å². The third-order valence-electron chi connectivity index (χ3n) is 1.23. The molecule has 0 radical (unpaired) electrons. The van der Waals surface area contributed by atoms with Crippen LogP contribution in [-0.2, 0) is 4.79 Å². The maximum absolute atomic E-state index is 10.0. The van der Waals surface area contributed by atoms with Crippen molar-refractivity contribution in [3.05, 3.63) is 0 Å². The molecular formula is C6H13NO3. The Bertz CT molecular complexity index is 127. The third-order valence-corrected chi connectivity index (χ3v) is 1.23. The second-order valence-electron chi connectivity index (χ2n) is 2.94. The van der Waals surface area contributed by atoms with Crippen LogP contribution in [0, 0.1) is 0 Å². The highest BCUT2D eigenvalue weighted by Gasteiger charge is 2.24. The van der Waals surface area contributed by atoms with Gasteiger partial charge in [0.05, 0.1) is 12.5 Å². The van der Waals surface area contributed by atoms with Crippen molar-refractivity contribution in [2.75, 3.05) is 0 Å². The molecule has 0 amide bonds. The van der Waals surface area contributed by atoms with Crippen LogP contribution < -0.4 is 5.73 Å². The number of hydrogen-bond donors (Lipinski definition) is 3. The SMILES string of the molecule is CC(C)(N)C(O)CC(=O)O. The van der Waals surface area contributed by atoms with Gasteiger partial charge in [-0.25, -0.2) is 0 Å². The molecule has 0 rings (SSSR count). The van der Waals surface area contributed by atoms with E-state index in [2.05, 4.69) is 0 Å². The number of carboxylic acid groups (broad SMARTS) is 1. The Kier molecular flexibility index (Phi) is 2.80. The summed E-state index contributed by atoms with van der Waals surface area (Å²) < 4.78 is 0. The Morgan fingerprint density at radius 1 is 1.70 bits per heavy atom. The quantitative estimate of drug-likeness (QED) is 0.505. The molecule has 0 heterocycles. The molecule has 0 aliphatic rings. The highest BCUT2D eigenvalue weighted by atomic mass is 16.4. The monoisotopic (exact) mass is 147 g/mol. The second kappa shape index (κ2) is 2.98. The molecule has 1 unspecified atom stereocenters. The van der Waals surface area contributed by atoms with Crippen LogP contribution >= 0.6 is 0 Å². The molecule has 10 heavy (non-hydrogen) atoms. The molecule has 0 bridgehead atoms. The number of rotatable bonds is 3. The molecule has 0 saturated carbocycles. The van der Waals surface area contributed by atoms with E-state index >= 15 is 0 Å².